The highest BCUT2D eigenvalue weighted by Gasteiger charge is 2.59. The van der Waals surface area contributed by atoms with Crippen LogP contribution in [0, 0.1) is 46.3 Å². The van der Waals surface area contributed by atoms with Gasteiger partial charge in [0.2, 0.25) is 0 Å². The first-order valence-corrected chi connectivity index (χ1v) is 24.1. The Kier molecular flexibility index (Phi) is 14.8. The van der Waals surface area contributed by atoms with Crippen molar-refractivity contribution in [3.05, 3.63) is 54.1 Å². The van der Waals surface area contributed by atoms with E-state index in [-0.39, 0.29) is 17.5 Å². The van der Waals surface area contributed by atoms with E-state index in [1.807, 2.05) is 30.6 Å². The number of nitrogens with two attached hydrogens (primary N) is 1. The molecule has 0 bridgehead atoms. The van der Waals surface area contributed by atoms with Crippen LogP contribution in [-0.4, -0.2) is 38.2 Å². The Morgan fingerprint density at radius 1 is 0.831 bits per heavy atom. The van der Waals surface area contributed by atoms with Gasteiger partial charge in [-0.25, -0.2) is 19.7 Å². The molecule has 0 spiro atoms. The molecule has 2 N–H and O–H groups in total. The zero-order valence-corrected chi connectivity index (χ0v) is 37.4. The number of fused-ring (bicyclic) bond motifs is 6. The first-order chi connectivity index (χ1) is 28.6. The Balaban J connectivity index is 0.753. The summed E-state index contributed by atoms with van der Waals surface area (Å²) in [5, 5.41) is 0. The average molecular weight is 808 g/mol. The number of ether oxygens (including phenoxy) is 2. The molecule has 3 fully saturated rings. The van der Waals surface area contributed by atoms with Gasteiger partial charge in [-0.3, -0.25) is 0 Å². The van der Waals surface area contributed by atoms with E-state index in [1.165, 1.54) is 109 Å². The summed E-state index contributed by atoms with van der Waals surface area (Å²) in [6, 6.07) is 7.60. The Hall–Kier alpha value is -3.42. The van der Waals surface area contributed by atoms with Gasteiger partial charge in [0.1, 0.15) is 23.7 Å². The predicted molar refractivity (Wildman–Crippen MR) is 240 cm³/mol. The number of benzene rings is 1. The Morgan fingerprint density at radius 3 is 2.31 bits per heavy atom. The number of nitrogens with zero attached hydrogens (tertiary/aromatic N) is 4. The van der Waals surface area contributed by atoms with Gasteiger partial charge < -0.3 is 19.8 Å². The van der Waals surface area contributed by atoms with Crippen LogP contribution in [0.2, 0.25) is 0 Å². The Labute approximate surface area is 356 Å². The number of carbonyl (C=O) groups is 1. The van der Waals surface area contributed by atoms with Crippen LogP contribution in [0.4, 0.5) is 5.82 Å². The number of hydrogen-bond donors (Lipinski definition) is 1. The fourth-order valence-corrected chi connectivity index (χ4v) is 12.7. The van der Waals surface area contributed by atoms with Crippen molar-refractivity contribution >= 4 is 23.0 Å². The zero-order valence-electron chi connectivity index (χ0n) is 37.4. The standard InChI is InChI=1S/C51H77N5O3/c1-36(2)17-16-18-37(3)43-25-26-44-42-24-21-39-33-41(27-29-50(39,4)45(42)28-30-51(43,44)5)59-49(57)38-19-22-40(23-20-38)58-32-15-13-11-9-7-6-8-10-12-14-31-56-35-55-46-47(52)53-34-54-48(46)56/h19-23,34-37,41-45H,6-18,24-33H2,1-5H3,(H2,52,53,54)/t37-,41?,42+,43-,44+,45+,50+,51-/m1/s1. The van der Waals surface area contributed by atoms with E-state index >= 15 is 0 Å². The van der Waals surface area contributed by atoms with Gasteiger partial charge >= 0.3 is 5.97 Å². The van der Waals surface area contributed by atoms with Crippen molar-refractivity contribution in [2.45, 2.75) is 182 Å². The molecule has 8 atom stereocenters. The lowest BCUT2D eigenvalue weighted by molar-refractivity contribution is -0.0594. The van der Waals surface area contributed by atoms with Gasteiger partial charge in [-0.2, -0.15) is 0 Å². The highest BCUT2D eigenvalue weighted by molar-refractivity contribution is 5.89. The molecule has 3 saturated carbocycles. The minimum Gasteiger partial charge on any atom is -0.494 e. The molecule has 324 valence electrons. The van der Waals surface area contributed by atoms with Gasteiger partial charge in [-0.05, 0) is 128 Å². The molecule has 0 radical (unpaired) electrons. The van der Waals surface area contributed by atoms with Gasteiger partial charge in [-0.15, -0.1) is 0 Å². The van der Waals surface area contributed by atoms with Gasteiger partial charge in [0, 0.05) is 13.0 Å². The summed E-state index contributed by atoms with van der Waals surface area (Å²) in [4.78, 5) is 26.0. The summed E-state index contributed by atoms with van der Waals surface area (Å²) < 4.78 is 14.3. The molecule has 2 aromatic heterocycles. The lowest BCUT2D eigenvalue weighted by Crippen LogP contribution is -2.51. The molecule has 2 heterocycles. The third-order valence-electron chi connectivity index (χ3n) is 16.1. The number of unbranched alkanes of at least 4 members (excludes halogenated alkanes) is 9. The van der Waals surface area contributed by atoms with Crippen molar-refractivity contribution in [2.24, 2.45) is 46.3 Å². The zero-order chi connectivity index (χ0) is 41.4. The highest BCUT2D eigenvalue weighted by atomic mass is 16.5. The van der Waals surface area contributed by atoms with Crippen LogP contribution in [0.1, 0.15) is 180 Å². The molecule has 3 aromatic rings. The summed E-state index contributed by atoms with van der Waals surface area (Å²) >= 11 is 0. The van der Waals surface area contributed by atoms with Gasteiger partial charge in [-0.1, -0.05) is 117 Å². The van der Waals surface area contributed by atoms with E-state index in [0.29, 0.717) is 28.9 Å². The second-order valence-corrected chi connectivity index (χ2v) is 20.3. The molecule has 0 aliphatic heterocycles. The number of esters is 1. The number of anilines is 1. The van der Waals surface area contributed by atoms with Gasteiger partial charge in [0.15, 0.2) is 11.5 Å². The third kappa shape index (κ3) is 10.2. The fourth-order valence-electron chi connectivity index (χ4n) is 12.7. The smallest absolute Gasteiger partial charge is 0.338 e. The molecule has 0 saturated heterocycles. The number of aryl methyl sites for hydroxylation is 1. The largest absolute Gasteiger partial charge is 0.494 e. The second kappa shape index (κ2) is 20.0. The molecule has 7 rings (SSSR count). The molecule has 8 nitrogen and oxygen atoms in total. The number of allylic oxidation sites excluding steroid dienone is 1. The molecule has 59 heavy (non-hydrogen) atoms. The topological polar surface area (TPSA) is 105 Å². The molecule has 1 unspecified atom stereocenters. The number of aromatic nitrogens is 4. The Bertz CT molecular complexity index is 1840. The molecule has 4 aliphatic carbocycles. The number of rotatable bonds is 21. The van der Waals surface area contributed by atoms with Crippen molar-refractivity contribution in [2.75, 3.05) is 12.3 Å². The maximum absolute atomic E-state index is 13.3. The number of nitrogen functional groups attached to an aromatic ring is 1. The van der Waals surface area contributed by atoms with Crippen molar-refractivity contribution in [3.8, 4) is 5.75 Å². The molecule has 4 aliphatic rings. The van der Waals surface area contributed by atoms with Crippen LogP contribution >= 0.6 is 0 Å². The minimum absolute atomic E-state index is 0.0253. The van der Waals surface area contributed by atoms with Crippen molar-refractivity contribution < 1.29 is 14.3 Å². The van der Waals surface area contributed by atoms with E-state index < -0.39 is 0 Å². The maximum atomic E-state index is 13.3. The summed E-state index contributed by atoms with van der Waals surface area (Å²) in [6.07, 6.45) is 32.3. The average Bonchev–Trinajstić information content (AvgIpc) is 3.81. The molecule has 8 heteroatoms. The molecular formula is C51H77N5O3. The number of imidazole rings is 1. The van der Waals surface area contributed by atoms with E-state index in [1.54, 1.807) is 5.57 Å². The second-order valence-electron chi connectivity index (χ2n) is 20.3. The number of carbonyl (C=O) groups excluding carboxylic acids is 1. The maximum Gasteiger partial charge on any atom is 0.338 e. The van der Waals surface area contributed by atoms with Crippen molar-refractivity contribution in [1.29, 1.82) is 0 Å². The van der Waals surface area contributed by atoms with Crippen molar-refractivity contribution in [1.82, 2.24) is 19.5 Å². The summed E-state index contributed by atoms with van der Waals surface area (Å²) in [5.74, 6) is 6.13. The summed E-state index contributed by atoms with van der Waals surface area (Å²) in [6.45, 7) is 14.2. The third-order valence-corrected chi connectivity index (χ3v) is 16.1. The monoisotopic (exact) mass is 808 g/mol. The van der Waals surface area contributed by atoms with Crippen LogP contribution < -0.4 is 10.5 Å². The summed E-state index contributed by atoms with van der Waals surface area (Å²) in [5.41, 5.74) is 10.4. The van der Waals surface area contributed by atoms with Crippen LogP contribution in [0.3, 0.4) is 0 Å². The van der Waals surface area contributed by atoms with Gasteiger partial charge in [0.05, 0.1) is 18.5 Å². The lowest BCUT2D eigenvalue weighted by Gasteiger charge is -2.58. The predicted octanol–water partition coefficient (Wildman–Crippen LogP) is 13.0. The van der Waals surface area contributed by atoms with Crippen LogP contribution in [0.5, 0.6) is 5.75 Å². The first-order valence-electron chi connectivity index (χ1n) is 24.1. The fraction of sp³-hybridized carbons (Fsp3) is 0.725. The van der Waals surface area contributed by atoms with E-state index in [9.17, 15) is 4.79 Å². The van der Waals surface area contributed by atoms with E-state index in [4.69, 9.17) is 15.2 Å². The van der Waals surface area contributed by atoms with Gasteiger partial charge in [0.25, 0.3) is 0 Å². The first kappa shape index (κ1) is 43.7. The summed E-state index contributed by atoms with van der Waals surface area (Å²) in [7, 11) is 0. The van der Waals surface area contributed by atoms with Crippen LogP contribution in [-0.2, 0) is 11.3 Å². The van der Waals surface area contributed by atoms with Crippen molar-refractivity contribution in [3.63, 3.8) is 0 Å². The van der Waals surface area contributed by atoms with E-state index in [2.05, 4.69) is 60.2 Å². The molecule has 1 aromatic carbocycles. The Morgan fingerprint density at radius 2 is 1.56 bits per heavy atom. The quantitative estimate of drug-likeness (QED) is 0.0649. The SMILES string of the molecule is CC(C)CCC[C@@H](C)[C@H]1CC[C@H]2[C@@H]3CC=C4CC(OC(=O)c5ccc(OCCCCCCCCCCCCn6cnc7c(N)ncnc76)cc5)CC[C@]4(C)[C@H]3CC[C@]12C. The lowest BCUT2D eigenvalue weighted by atomic mass is 9.47. The molecule has 0 amide bonds. The normalized spacial score (nSPS) is 28.2. The van der Waals surface area contributed by atoms with Crippen LogP contribution in [0.25, 0.3) is 11.2 Å². The van der Waals surface area contributed by atoms with Crippen LogP contribution in [0.15, 0.2) is 48.6 Å². The molecular weight excluding hydrogens is 731 g/mol. The number of hydrogen-bond acceptors (Lipinski definition) is 7. The highest BCUT2D eigenvalue weighted by Crippen LogP contribution is 2.67. The van der Waals surface area contributed by atoms with E-state index in [0.717, 1.165) is 85.6 Å². The minimum atomic E-state index is -0.197.